The number of aliphatic hydroxyl groups is 1. The maximum absolute atomic E-state index is 10.0. The molecule has 72 valence electrons. The van der Waals surface area contributed by atoms with Crippen LogP contribution in [0.4, 0.5) is 0 Å². The van der Waals surface area contributed by atoms with Crippen LogP contribution in [0.3, 0.4) is 0 Å². The Balaban J connectivity index is 4.66. The second-order valence-corrected chi connectivity index (χ2v) is 9.36. The Morgan fingerprint density at radius 2 is 1.58 bits per heavy atom. The summed E-state index contributed by atoms with van der Waals surface area (Å²) in [6.07, 6.45) is 1.32. The molecule has 0 amide bonds. The van der Waals surface area contributed by atoms with Crippen LogP contribution < -0.4 is 0 Å². The first kappa shape index (κ1) is 11.8. The van der Waals surface area contributed by atoms with Gasteiger partial charge >= 0.3 is 0 Å². The predicted octanol–water partition coefficient (Wildman–Crippen LogP) is 2.43. The minimum atomic E-state index is -1.60. The van der Waals surface area contributed by atoms with Gasteiger partial charge in [0.05, 0.1) is 13.7 Å². The first-order valence-corrected chi connectivity index (χ1v) is 8.09. The van der Waals surface area contributed by atoms with E-state index >= 15 is 0 Å². The molecule has 0 atom stereocenters. The highest BCUT2D eigenvalue weighted by Crippen LogP contribution is 2.22. The first-order valence-electron chi connectivity index (χ1n) is 4.59. The van der Waals surface area contributed by atoms with Crippen molar-refractivity contribution < 1.29 is 5.11 Å². The molecule has 3 heteroatoms. The van der Waals surface area contributed by atoms with Gasteiger partial charge in [0.25, 0.3) is 0 Å². The molecule has 0 aromatic rings. The average Bonchev–Trinajstić information content (AvgIpc) is 2.00. The summed E-state index contributed by atoms with van der Waals surface area (Å²) in [7, 11) is -1.60. The molecule has 0 unspecified atom stereocenters. The van der Waals surface area contributed by atoms with E-state index in [-0.39, 0.29) is 0 Å². The number of hydrogen-bond acceptors (Lipinski definition) is 2. The Morgan fingerprint density at radius 3 is 1.67 bits per heavy atom. The van der Waals surface area contributed by atoms with Crippen molar-refractivity contribution in [1.29, 1.82) is 5.41 Å². The van der Waals surface area contributed by atoms with Gasteiger partial charge < -0.3 is 10.5 Å². The maximum atomic E-state index is 10.0. The van der Waals surface area contributed by atoms with Crippen molar-refractivity contribution in [1.82, 2.24) is 0 Å². The van der Waals surface area contributed by atoms with Gasteiger partial charge in [-0.2, -0.15) is 0 Å². The monoisotopic (exact) mass is 187 g/mol. The molecular formula is C9H21NOSi. The van der Waals surface area contributed by atoms with Crippen molar-refractivity contribution in [2.24, 2.45) is 0 Å². The molecule has 0 fully saturated rings. The molecular weight excluding hydrogens is 166 g/mol. The third-order valence-electron chi connectivity index (χ3n) is 2.39. The van der Waals surface area contributed by atoms with Crippen molar-refractivity contribution in [3.8, 4) is 0 Å². The van der Waals surface area contributed by atoms with Gasteiger partial charge in [-0.05, 0) is 12.8 Å². The van der Waals surface area contributed by atoms with Crippen molar-refractivity contribution in [3.63, 3.8) is 0 Å². The molecule has 0 spiro atoms. The minimum Gasteiger partial charge on any atom is -0.384 e. The van der Waals surface area contributed by atoms with Crippen molar-refractivity contribution >= 4 is 13.4 Å². The summed E-state index contributed by atoms with van der Waals surface area (Å²) in [4.78, 5) is 0. The van der Waals surface area contributed by atoms with Gasteiger partial charge in [0.15, 0.2) is 0 Å². The zero-order valence-corrected chi connectivity index (χ0v) is 9.86. The Hall–Kier alpha value is -0.153. The van der Waals surface area contributed by atoms with Crippen molar-refractivity contribution in [2.75, 3.05) is 0 Å². The molecule has 0 saturated carbocycles. The van der Waals surface area contributed by atoms with Crippen LogP contribution in [0.15, 0.2) is 0 Å². The third kappa shape index (κ3) is 2.42. The van der Waals surface area contributed by atoms with E-state index in [1.165, 1.54) is 0 Å². The summed E-state index contributed by atoms with van der Waals surface area (Å²) in [5, 5.41) is 18.5. The topological polar surface area (TPSA) is 44.1 Å². The van der Waals surface area contributed by atoms with Crippen LogP contribution in [0.2, 0.25) is 19.6 Å². The average molecular weight is 187 g/mol. The molecule has 0 aromatic heterocycles. The summed E-state index contributed by atoms with van der Waals surface area (Å²) >= 11 is 0. The lowest BCUT2D eigenvalue weighted by molar-refractivity contribution is 0.105. The Labute approximate surface area is 76.5 Å². The van der Waals surface area contributed by atoms with Crippen LogP contribution in [0.5, 0.6) is 0 Å². The highest BCUT2D eigenvalue weighted by atomic mass is 28.3. The molecule has 0 aromatic carbocycles. The van der Waals surface area contributed by atoms with E-state index in [9.17, 15) is 5.11 Å². The second kappa shape index (κ2) is 3.71. The molecule has 0 bridgehead atoms. The Bertz CT molecular complexity index is 168. The number of nitrogens with one attached hydrogen (secondary N) is 1. The highest BCUT2D eigenvalue weighted by molar-refractivity contribution is 7.04. The van der Waals surface area contributed by atoms with Crippen LogP contribution in [-0.4, -0.2) is 24.1 Å². The van der Waals surface area contributed by atoms with E-state index in [2.05, 4.69) is 19.6 Å². The fraction of sp³-hybridized carbons (Fsp3) is 0.889. The summed E-state index contributed by atoms with van der Waals surface area (Å²) in [5.74, 6) is 0. The van der Waals surface area contributed by atoms with Gasteiger partial charge in [0.1, 0.15) is 0 Å². The summed E-state index contributed by atoms with van der Waals surface area (Å²) < 4.78 is 0. The number of hydrogen-bond donors (Lipinski definition) is 2. The van der Waals surface area contributed by atoms with Crippen LogP contribution in [0.25, 0.3) is 0 Å². The highest BCUT2D eigenvalue weighted by Gasteiger charge is 2.36. The van der Waals surface area contributed by atoms with Gasteiger partial charge in [-0.1, -0.05) is 33.5 Å². The molecule has 0 aliphatic heterocycles. The quantitative estimate of drug-likeness (QED) is 0.515. The minimum absolute atomic E-state index is 0.583. The van der Waals surface area contributed by atoms with Crippen molar-refractivity contribution in [2.45, 2.75) is 51.9 Å². The molecule has 12 heavy (non-hydrogen) atoms. The fourth-order valence-corrected chi connectivity index (χ4v) is 3.05. The van der Waals surface area contributed by atoms with E-state index in [1.807, 2.05) is 13.8 Å². The SMILES string of the molecule is CCC(O)(CC)C(=N)[Si](C)(C)C. The fourth-order valence-electron chi connectivity index (χ4n) is 1.30. The second-order valence-electron chi connectivity index (χ2n) is 4.36. The van der Waals surface area contributed by atoms with E-state index in [4.69, 9.17) is 5.41 Å². The molecule has 0 aliphatic carbocycles. The van der Waals surface area contributed by atoms with Crippen LogP contribution in [0.1, 0.15) is 26.7 Å². The first-order chi connectivity index (χ1) is 5.28. The van der Waals surface area contributed by atoms with Crippen molar-refractivity contribution in [3.05, 3.63) is 0 Å². The van der Waals surface area contributed by atoms with Gasteiger partial charge in [-0.3, -0.25) is 0 Å². The largest absolute Gasteiger partial charge is 0.384 e. The standard InChI is InChI=1S/C9H21NOSi/c1-6-9(11,7-2)8(10)12(3,4)5/h10-11H,6-7H2,1-5H3. The van der Waals surface area contributed by atoms with Gasteiger partial charge in [0, 0.05) is 5.33 Å². The molecule has 0 heterocycles. The van der Waals surface area contributed by atoms with E-state index in [0.29, 0.717) is 18.2 Å². The Morgan fingerprint density at radius 1 is 1.25 bits per heavy atom. The third-order valence-corrected chi connectivity index (χ3v) is 4.35. The predicted molar refractivity (Wildman–Crippen MR) is 56.6 cm³/mol. The van der Waals surface area contributed by atoms with E-state index in [0.717, 1.165) is 0 Å². The van der Waals surface area contributed by atoms with Crippen LogP contribution >= 0.6 is 0 Å². The van der Waals surface area contributed by atoms with Crippen LogP contribution in [-0.2, 0) is 0 Å². The van der Waals surface area contributed by atoms with E-state index in [1.54, 1.807) is 0 Å². The van der Waals surface area contributed by atoms with Gasteiger partial charge in [0.2, 0.25) is 0 Å². The maximum Gasteiger partial charge on any atom is 0.0988 e. The molecule has 0 saturated heterocycles. The molecule has 2 nitrogen and oxygen atoms in total. The zero-order chi connectivity index (χ0) is 9.99. The lowest BCUT2D eigenvalue weighted by atomic mass is 9.99. The molecule has 2 N–H and O–H groups in total. The zero-order valence-electron chi connectivity index (χ0n) is 8.86. The Kier molecular flexibility index (Phi) is 3.66. The normalized spacial score (nSPS) is 13.2. The summed E-state index contributed by atoms with van der Waals surface area (Å²) in [6, 6.07) is 0. The lowest BCUT2D eigenvalue weighted by Crippen LogP contribution is -2.50. The molecule has 0 aliphatic rings. The lowest BCUT2D eigenvalue weighted by Gasteiger charge is -2.33. The smallest absolute Gasteiger partial charge is 0.0988 e. The summed E-state index contributed by atoms with van der Waals surface area (Å²) in [5.41, 5.74) is -0.829. The molecule has 0 rings (SSSR count). The summed E-state index contributed by atoms with van der Waals surface area (Å²) in [6.45, 7) is 10.2. The number of rotatable bonds is 4. The van der Waals surface area contributed by atoms with Gasteiger partial charge in [-0.15, -0.1) is 0 Å². The van der Waals surface area contributed by atoms with Crippen LogP contribution in [0, 0.1) is 5.41 Å². The van der Waals surface area contributed by atoms with Gasteiger partial charge in [-0.25, -0.2) is 0 Å². The molecule has 0 radical (unpaired) electrons. The van der Waals surface area contributed by atoms with E-state index < -0.39 is 13.7 Å².